The van der Waals surface area contributed by atoms with Crippen molar-refractivity contribution in [2.75, 3.05) is 19.8 Å². The van der Waals surface area contributed by atoms with Gasteiger partial charge in [0.25, 0.3) is 0 Å². The zero-order chi connectivity index (χ0) is 15.6. The number of aromatic amines is 1. The van der Waals surface area contributed by atoms with E-state index < -0.39 is 0 Å². The van der Waals surface area contributed by atoms with Gasteiger partial charge >= 0.3 is 0 Å². The number of ether oxygens (including phenoxy) is 2. The smallest absolute Gasteiger partial charge is 0.124 e. The van der Waals surface area contributed by atoms with E-state index in [4.69, 9.17) is 15.2 Å². The van der Waals surface area contributed by atoms with E-state index in [0.717, 1.165) is 35.4 Å². The van der Waals surface area contributed by atoms with Crippen LogP contribution in [0.5, 0.6) is 5.75 Å². The molecule has 22 heavy (non-hydrogen) atoms. The third kappa shape index (κ3) is 3.40. The minimum absolute atomic E-state index is 0.111. The predicted octanol–water partition coefficient (Wildman–Crippen LogP) is 1.56. The Morgan fingerprint density at radius 2 is 2.36 bits per heavy atom. The average molecular weight is 304 g/mol. The third-order valence-electron chi connectivity index (χ3n) is 4.05. The zero-order valence-electron chi connectivity index (χ0n) is 13.2. The van der Waals surface area contributed by atoms with Crippen molar-refractivity contribution < 1.29 is 9.47 Å². The van der Waals surface area contributed by atoms with Crippen molar-refractivity contribution in [2.45, 2.75) is 38.5 Å². The number of hydrogen-bond donors (Lipinski definition) is 3. The molecule has 4 N–H and O–H groups in total. The maximum atomic E-state index is 5.97. The molecular weight excluding hydrogens is 280 g/mol. The Balaban J connectivity index is 1.76. The molecule has 0 saturated carbocycles. The van der Waals surface area contributed by atoms with Crippen LogP contribution in [0.25, 0.3) is 10.9 Å². The molecule has 0 amide bonds. The molecule has 120 valence electrons. The number of hydrogen-bond acceptors (Lipinski definition) is 5. The second kappa shape index (κ2) is 6.24. The Morgan fingerprint density at radius 1 is 1.50 bits per heavy atom. The number of benzene rings is 1. The first-order valence-electron chi connectivity index (χ1n) is 7.74. The standard InChI is InChI=1S/C16H24N4O2/c1-16(2,10-17)18-8-15-13-7-11(3-4-14(13)19-20-15)22-12-5-6-21-9-12/h3-4,7,12,18H,5-6,8-10,17H2,1-2H3,(H,19,20). The van der Waals surface area contributed by atoms with Crippen molar-refractivity contribution >= 4 is 10.9 Å². The summed E-state index contributed by atoms with van der Waals surface area (Å²) in [7, 11) is 0. The van der Waals surface area contributed by atoms with Gasteiger partial charge in [0.15, 0.2) is 0 Å². The molecule has 0 spiro atoms. The van der Waals surface area contributed by atoms with Gasteiger partial charge in [0, 0.05) is 30.4 Å². The second-order valence-corrected chi connectivity index (χ2v) is 6.42. The SMILES string of the molecule is CC(C)(CN)NCc1n[nH]c2ccc(OC3CCOC3)cc12. The number of nitrogens with zero attached hydrogens (tertiary/aromatic N) is 1. The van der Waals surface area contributed by atoms with Crippen molar-refractivity contribution in [3.05, 3.63) is 23.9 Å². The van der Waals surface area contributed by atoms with E-state index in [2.05, 4.69) is 29.4 Å². The van der Waals surface area contributed by atoms with Gasteiger partial charge in [0.1, 0.15) is 11.9 Å². The topological polar surface area (TPSA) is 85.2 Å². The highest BCUT2D eigenvalue weighted by molar-refractivity contribution is 5.82. The van der Waals surface area contributed by atoms with Gasteiger partial charge < -0.3 is 20.5 Å². The second-order valence-electron chi connectivity index (χ2n) is 6.42. The molecule has 1 aliphatic rings. The molecule has 6 heteroatoms. The van der Waals surface area contributed by atoms with Crippen molar-refractivity contribution in [2.24, 2.45) is 5.73 Å². The van der Waals surface area contributed by atoms with E-state index in [1.165, 1.54) is 0 Å². The average Bonchev–Trinajstić information content (AvgIpc) is 3.15. The summed E-state index contributed by atoms with van der Waals surface area (Å²) in [5.74, 6) is 0.865. The van der Waals surface area contributed by atoms with Gasteiger partial charge in [-0.2, -0.15) is 5.10 Å². The first kappa shape index (κ1) is 15.3. The van der Waals surface area contributed by atoms with E-state index in [1.54, 1.807) is 0 Å². The monoisotopic (exact) mass is 304 g/mol. The lowest BCUT2D eigenvalue weighted by Gasteiger charge is -2.23. The van der Waals surface area contributed by atoms with Gasteiger partial charge in [-0.15, -0.1) is 0 Å². The zero-order valence-corrected chi connectivity index (χ0v) is 13.2. The fraction of sp³-hybridized carbons (Fsp3) is 0.562. The summed E-state index contributed by atoms with van der Waals surface area (Å²) in [6.07, 6.45) is 1.10. The van der Waals surface area contributed by atoms with Gasteiger partial charge in [-0.05, 0) is 32.0 Å². The fourth-order valence-electron chi connectivity index (χ4n) is 2.45. The van der Waals surface area contributed by atoms with Gasteiger partial charge in [-0.25, -0.2) is 0 Å². The molecule has 0 bridgehead atoms. The first-order chi connectivity index (χ1) is 10.6. The van der Waals surface area contributed by atoms with Crippen LogP contribution in [-0.2, 0) is 11.3 Å². The first-order valence-corrected chi connectivity index (χ1v) is 7.74. The lowest BCUT2D eigenvalue weighted by atomic mass is 10.1. The molecule has 2 aromatic rings. The lowest BCUT2D eigenvalue weighted by Crippen LogP contribution is -2.45. The van der Waals surface area contributed by atoms with Gasteiger partial charge in [0.05, 0.1) is 24.4 Å². The number of H-pyrrole nitrogens is 1. The van der Waals surface area contributed by atoms with Gasteiger partial charge in [-0.1, -0.05) is 0 Å². The van der Waals surface area contributed by atoms with Crippen LogP contribution in [0.4, 0.5) is 0 Å². The highest BCUT2D eigenvalue weighted by Gasteiger charge is 2.19. The summed E-state index contributed by atoms with van der Waals surface area (Å²) >= 11 is 0. The Bertz CT molecular complexity index is 632. The van der Waals surface area contributed by atoms with Gasteiger partial charge in [-0.3, -0.25) is 5.10 Å². The summed E-state index contributed by atoms with van der Waals surface area (Å²) in [6, 6.07) is 6.02. The Morgan fingerprint density at radius 3 is 3.09 bits per heavy atom. The number of nitrogens with two attached hydrogens (primary N) is 1. The van der Waals surface area contributed by atoms with Crippen molar-refractivity contribution in [1.82, 2.24) is 15.5 Å². The maximum absolute atomic E-state index is 5.97. The molecular formula is C16H24N4O2. The van der Waals surface area contributed by atoms with E-state index >= 15 is 0 Å². The number of nitrogens with one attached hydrogen (secondary N) is 2. The van der Waals surface area contributed by atoms with Crippen molar-refractivity contribution in [1.29, 1.82) is 0 Å². The minimum Gasteiger partial charge on any atom is -0.488 e. The fourth-order valence-corrected chi connectivity index (χ4v) is 2.45. The van der Waals surface area contributed by atoms with Crippen LogP contribution in [0.3, 0.4) is 0 Å². The summed E-state index contributed by atoms with van der Waals surface area (Å²) in [6.45, 7) is 6.85. The Labute approximate surface area is 130 Å². The highest BCUT2D eigenvalue weighted by atomic mass is 16.5. The third-order valence-corrected chi connectivity index (χ3v) is 4.05. The Hall–Kier alpha value is -1.63. The summed E-state index contributed by atoms with van der Waals surface area (Å²) in [5.41, 5.74) is 7.63. The van der Waals surface area contributed by atoms with Crippen LogP contribution >= 0.6 is 0 Å². The van der Waals surface area contributed by atoms with Crippen molar-refractivity contribution in [3.63, 3.8) is 0 Å². The molecule has 1 aromatic heterocycles. The molecule has 1 aliphatic heterocycles. The van der Waals surface area contributed by atoms with Crippen LogP contribution in [0.2, 0.25) is 0 Å². The largest absolute Gasteiger partial charge is 0.488 e. The molecule has 1 saturated heterocycles. The molecule has 1 unspecified atom stereocenters. The number of aromatic nitrogens is 2. The molecule has 3 rings (SSSR count). The minimum atomic E-state index is -0.111. The van der Waals surface area contributed by atoms with Crippen LogP contribution in [0, 0.1) is 0 Å². The van der Waals surface area contributed by atoms with Crippen molar-refractivity contribution in [3.8, 4) is 5.75 Å². The van der Waals surface area contributed by atoms with E-state index in [1.807, 2.05) is 18.2 Å². The van der Waals surface area contributed by atoms with Crippen LogP contribution in [0.1, 0.15) is 26.0 Å². The summed E-state index contributed by atoms with van der Waals surface area (Å²) < 4.78 is 11.3. The quantitative estimate of drug-likeness (QED) is 0.754. The maximum Gasteiger partial charge on any atom is 0.124 e. The number of rotatable bonds is 6. The molecule has 2 heterocycles. The predicted molar refractivity (Wildman–Crippen MR) is 85.9 cm³/mol. The molecule has 1 fully saturated rings. The molecule has 1 atom stereocenters. The van der Waals surface area contributed by atoms with Crippen LogP contribution < -0.4 is 15.8 Å². The molecule has 0 radical (unpaired) electrons. The Kier molecular flexibility index (Phi) is 4.33. The van der Waals surface area contributed by atoms with Crippen LogP contribution in [0.15, 0.2) is 18.2 Å². The van der Waals surface area contributed by atoms with E-state index in [0.29, 0.717) is 19.7 Å². The van der Waals surface area contributed by atoms with E-state index in [9.17, 15) is 0 Å². The lowest BCUT2D eigenvalue weighted by molar-refractivity contribution is 0.141. The molecule has 6 nitrogen and oxygen atoms in total. The molecule has 0 aliphatic carbocycles. The normalized spacial score (nSPS) is 19.0. The summed E-state index contributed by atoms with van der Waals surface area (Å²) in [5, 5.41) is 12.0. The van der Waals surface area contributed by atoms with E-state index in [-0.39, 0.29) is 11.6 Å². The summed E-state index contributed by atoms with van der Waals surface area (Å²) in [4.78, 5) is 0. The van der Waals surface area contributed by atoms with Gasteiger partial charge in [0.2, 0.25) is 0 Å². The molecule has 1 aromatic carbocycles. The number of fused-ring (bicyclic) bond motifs is 1. The highest BCUT2D eigenvalue weighted by Crippen LogP contribution is 2.24. The van der Waals surface area contributed by atoms with Crippen LogP contribution in [-0.4, -0.2) is 41.6 Å².